The Hall–Kier alpha value is -1.47. The van der Waals surface area contributed by atoms with Gasteiger partial charge in [-0.2, -0.15) is 0 Å². The lowest BCUT2D eigenvalue weighted by molar-refractivity contribution is -0.192. The molecule has 2 aliphatic heterocycles. The average molecular weight is 559 g/mol. The van der Waals surface area contributed by atoms with E-state index in [4.69, 9.17) is 23.7 Å². The van der Waals surface area contributed by atoms with Crippen LogP contribution in [-0.2, 0) is 28.5 Å². The molecule has 0 amide bonds. The molecule has 0 aromatic carbocycles. The number of hydrogen-bond acceptors (Lipinski definition) is 6. The van der Waals surface area contributed by atoms with Gasteiger partial charge in [0.25, 0.3) is 0 Å². The number of hydrogen-bond donors (Lipinski definition) is 0. The normalized spacial score (nSPS) is 30.4. The third kappa shape index (κ3) is 10.4. The number of carbonyl (C=O) groups excluding carboxylic acids is 1. The summed E-state index contributed by atoms with van der Waals surface area (Å²) in [6.07, 6.45) is 25.4. The minimum atomic E-state index is -0.199. The molecule has 0 spiro atoms. The summed E-state index contributed by atoms with van der Waals surface area (Å²) in [5.74, 6) is 1.39. The Morgan fingerprint density at radius 2 is 1.73 bits per heavy atom. The zero-order valence-corrected chi connectivity index (χ0v) is 25.0. The van der Waals surface area contributed by atoms with Gasteiger partial charge in [-0.1, -0.05) is 43.2 Å². The van der Waals surface area contributed by atoms with Crippen LogP contribution in [0.15, 0.2) is 36.0 Å². The molecule has 0 aromatic heterocycles. The predicted molar refractivity (Wildman–Crippen MR) is 158 cm³/mol. The summed E-state index contributed by atoms with van der Waals surface area (Å²) in [4.78, 5) is 11.0. The Morgan fingerprint density at radius 1 is 0.975 bits per heavy atom. The molecule has 3 fully saturated rings. The average Bonchev–Trinajstić information content (AvgIpc) is 3.51. The summed E-state index contributed by atoms with van der Waals surface area (Å²) in [5.41, 5.74) is 2.70. The van der Waals surface area contributed by atoms with Crippen LogP contribution in [0.5, 0.6) is 0 Å². The fourth-order valence-electron chi connectivity index (χ4n) is 6.75. The molecule has 4 rings (SSSR count). The Morgan fingerprint density at radius 3 is 2.48 bits per heavy atom. The second-order valence-electron chi connectivity index (χ2n) is 12.2. The highest BCUT2D eigenvalue weighted by atomic mass is 16.7. The van der Waals surface area contributed by atoms with E-state index in [0.717, 1.165) is 84.0 Å². The van der Waals surface area contributed by atoms with Gasteiger partial charge in [-0.05, 0) is 107 Å². The van der Waals surface area contributed by atoms with E-state index >= 15 is 0 Å². The Bertz CT molecular complexity index is 822. The van der Waals surface area contributed by atoms with E-state index in [9.17, 15) is 4.79 Å². The maximum Gasteiger partial charge on any atom is 0.302 e. The van der Waals surface area contributed by atoms with E-state index in [1.807, 2.05) is 0 Å². The lowest BCUT2D eigenvalue weighted by Gasteiger charge is -2.29. The van der Waals surface area contributed by atoms with Crippen LogP contribution in [0.3, 0.4) is 0 Å². The molecule has 4 aliphatic rings. The molecule has 0 radical (unpaired) electrons. The molecule has 2 aliphatic carbocycles. The zero-order valence-electron chi connectivity index (χ0n) is 25.0. The first-order chi connectivity index (χ1) is 19.6. The Kier molecular flexibility index (Phi) is 13.7. The maximum atomic E-state index is 11.0. The van der Waals surface area contributed by atoms with E-state index < -0.39 is 0 Å². The third-order valence-electron chi connectivity index (χ3n) is 9.01. The predicted octanol–water partition coefficient (Wildman–Crippen LogP) is 7.82. The lowest BCUT2D eigenvalue weighted by atomic mass is 9.88. The molecule has 226 valence electrons. The summed E-state index contributed by atoms with van der Waals surface area (Å²) in [6, 6.07) is 0. The monoisotopic (exact) mass is 558 g/mol. The van der Waals surface area contributed by atoms with Gasteiger partial charge in [-0.3, -0.25) is 4.79 Å². The first-order valence-corrected chi connectivity index (χ1v) is 16.3. The van der Waals surface area contributed by atoms with E-state index in [1.54, 1.807) is 0 Å². The SMILES string of the molecule is C=C(CCCCOC(C)=O)C1=CC2C[C@H](OC3CCCCO3)[C@@H](C=CCCCCCCOC3CCCCO3)C2C1. The third-order valence-corrected chi connectivity index (χ3v) is 9.01. The molecular formula is C34H54O6. The van der Waals surface area contributed by atoms with Gasteiger partial charge in [-0.25, -0.2) is 0 Å². The van der Waals surface area contributed by atoms with E-state index in [2.05, 4.69) is 24.8 Å². The number of esters is 1. The second-order valence-corrected chi connectivity index (χ2v) is 12.2. The first kappa shape index (κ1) is 31.5. The number of unbranched alkanes of at least 4 members (excludes halogenated alkanes) is 5. The van der Waals surface area contributed by atoms with Crippen LogP contribution in [0.2, 0.25) is 0 Å². The van der Waals surface area contributed by atoms with Crippen molar-refractivity contribution in [3.8, 4) is 0 Å². The molecule has 6 nitrogen and oxygen atoms in total. The molecule has 2 saturated heterocycles. The number of allylic oxidation sites excluding steroid dienone is 4. The largest absolute Gasteiger partial charge is 0.466 e. The number of carbonyl (C=O) groups is 1. The van der Waals surface area contributed by atoms with Gasteiger partial charge in [0.15, 0.2) is 12.6 Å². The molecule has 6 heteroatoms. The highest BCUT2D eigenvalue weighted by molar-refractivity contribution is 5.65. The molecule has 4 unspecified atom stereocenters. The molecule has 0 aromatic rings. The van der Waals surface area contributed by atoms with Crippen molar-refractivity contribution in [2.24, 2.45) is 17.8 Å². The van der Waals surface area contributed by atoms with Crippen LogP contribution in [0.4, 0.5) is 0 Å². The number of rotatable bonds is 17. The van der Waals surface area contributed by atoms with Crippen molar-refractivity contribution in [3.05, 3.63) is 36.0 Å². The topological polar surface area (TPSA) is 63.2 Å². The highest BCUT2D eigenvalue weighted by Crippen LogP contribution is 2.50. The summed E-state index contributed by atoms with van der Waals surface area (Å²) < 4.78 is 29.1. The van der Waals surface area contributed by atoms with Gasteiger partial charge in [0.2, 0.25) is 0 Å². The minimum absolute atomic E-state index is 0.0367. The van der Waals surface area contributed by atoms with Crippen LogP contribution in [0.1, 0.15) is 110 Å². The van der Waals surface area contributed by atoms with Gasteiger partial charge < -0.3 is 23.7 Å². The fraction of sp³-hybridized carbons (Fsp3) is 0.794. The summed E-state index contributed by atoms with van der Waals surface area (Å²) in [7, 11) is 0. The molecule has 1 saturated carbocycles. The van der Waals surface area contributed by atoms with Crippen molar-refractivity contribution in [2.75, 3.05) is 26.4 Å². The van der Waals surface area contributed by atoms with Gasteiger partial charge in [0, 0.05) is 32.7 Å². The van der Waals surface area contributed by atoms with E-state index in [-0.39, 0.29) is 24.7 Å². The summed E-state index contributed by atoms with van der Waals surface area (Å²) in [5, 5.41) is 0. The summed E-state index contributed by atoms with van der Waals surface area (Å²) in [6.45, 7) is 8.88. The van der Waals surface area contributed by atoms with Gasteiger partial charge >= 0.3 is 5.97 Å². The van der Waals surface area contributed by atoms with Crippen molar-refractivity contribution in [3.63, 3.8) is 0 Å². The molecule has 0 bridgehead atoms. The Balaban J connectivity index is 1.19. The van der Waals surface area contributed by atoms with Crippen LogP contribution in [-0.4, -0.2) is 51.1 Å². The fourth-order valence-corrected chi connectivity index (χ4v) is 6.75. The van der Waals surface area contributed by atoms with Crippen LogP contribution >= 0.6 is 0 Å². The molecule has 0 N–H and O–H groups in total. The quantitative estimate of drug-likeness (QED) is 0.103. The molecular weight excluding hydrogens is 504 g/mol. The van der Waals surface area contributed by atoms with E-state index in [1.165, 1.54) is 56.6 Å². The standard InChI is InChI=1S/C34H54O6/c1-26(15-8-12-19-36-27(2)35)28-23-29-25-32(40-34-18-10-14-22-39-34)30(31(29)24-28)16-7-5-3-4-6-11-20-37-33-17-9-13-21-38-33/h7,16,23,29-34H,1,3-6,8-15,17-22,24-25H2,2H3/t29?,30-,31?,32-,33?,34?/m0/s1. The molecule has 2 heterocycles. The molecule has 6 atom stereocenters. The van der Waals surface area contributed by atoms with Crippen molar-refractivity contribution in [1.82, 2.24) is 0 Å². The smallest absolute Gasteiger partial charge is 0.302 e. The van der Waals surface area contributed by atoms with Crippen LogP contribution < -0.4 is 0 Å². The van der Waals surface area contributed by atoms with Crippen LogP contribution in [0.25, 0.3) is 0 Å². The first-order valence-electron chi connectivity index (χ1n) is 16.3. The number of fused-ring (bicyclic) bond motifs is 1. The highest BCUT2D eigenvalue weighted by Gasteiger charge is 2.45. The minimum Gasteiger partial charge on any atom is -0.466 e. The number of ether oxygens (including phenoxy) is 5. The van der Waals surface area contributed by atoms with Crippen molar-refractivity contribution < 1.29 is 28.5 Å². The molecule has 40 heavy (non-hydrogen) atoms. The zero-order chi connectivity index (χ0) is 28.0. The van der Waals surface area contributed by atoms with Gasteiger partial charge in [-0.15, -0.1) is 0 Å². The van der Waals surface area contributed by atoms with E-state index in [0.29, 0.717) is 24.4 Å². The van der Waals surface area contributed by atoms with Crippen molar-refractivity contribution >= 4 is 5.97 Å². The second kappa shape index (κ2) is 17.5. The lowest BCUT2D eigenvalue weighted by Crippen LogP contribution is -2.30. The van der Waals surface area contributed by atoms with Crippen LogP contribution in [0, 0.1) is 17.8 Å². The summed E-state index contributed by atoms with van der Waals surface area (Å²) >= 11 is 0. The van der Waals surface area contributed by atoms with Gasteiger partial charge in [0.05, 0.1) is 12.7 Å². The Labute approximate surface area is 242 Å². The maximum absolute atomic E-state index is 11.0. The van der Waals surface area contributed by atoms with Crippen molar-refractivity contribution in [1.29, 1.82) is 0 Å². The van der Waals surface area contributed by atoms with Gasteiger partial charge in [0.1, 0.15) is 0 Å². The van der Waals surface area contributed by atoms with Crippen molar-refractivity contribution in [2.45, 2.75) is 128 Å².